The largest absolute Gasteiger partial charge is 0.463 e. The Kier molecular flexibility index (Phi) is 10.2. The second-order valence-electron chi connectivity index (χ2n) is 4.81. The summed E-state index contributed by atoms with van der Waals surface area (Å²) in [5, 5.41) is 9.05. The van der Waals surface area contributed by atoms with Crippen molar-refractivity contribution in [3.63, 3.8) is 0 Å². The van der Waals surface area contributed by atoms with Crippen molar-refractivity contribution in [2.75, 3.05) is 6.61 Å². The maximum absolute atomic E-state index is 11.2. The van der Waals surface area contributed by atoms with Gasteiger partial charge in [0.05, 0.1) is 6.61 Å². The van der Waals surface area contributed by atoms with E-state index in [9.17, 15) is 4.79 Å². The van der Waals surface area contributed by atoms with Crippen LogP contribution in [-0.2, 0) is 9.53 Å². The van der Waals surface area contributed by atoms with Crippen molar-refractivity contribution in [2.24, 2.45) is 5.92 Å². The zero-order chi connectivity index (χ0) is 13.1. The fraction of sp³-hybridized carbons (Fsp3) is 0.929. The Morgan fingerprint density at radius 2 is 1.71 bits per heavy atom. The molecule has 0 aliphatic carbocycles. The Hall–Kier alpha value is -0.570. The molecule has 0 amide bonds. The molecule has 2 atom stereocenters. The quantitative estimate of drug-likeness (QED) is 0.474. The number of rotatable bonds is 10. The third-order valence-corrected chi connectivity index (χ3v) is 2.98. The van der Waals surface area contributed by atoms with E-state index in [0.717, 1.165) is 12.8 Å². The Morgan fingerprint density at radius 1 is 1.12 bits per heavy atom. The van der Waals surface area contributed by atoms with Crippen molar-refractivity contribution in [3.8, 4) is 0 Å². The molecule has 0 bridgehead atoms. The van der Waals surface area contributed by atoms with E-state index in [4.69, 9.17) is 9.84 Å². The van der Waals surface area contributed by atoms with Crippen LogP contribution in [0.4, 0.5) is 0 Å². The average molecular weight is 244 g/mol. The predicted octanol–water partition coefficient (Wildman–Crippen LogP) is 3.30. The summed E-state index contributed by atoms with van der Waals surface area (Å²) in [5.41, 5.74) is 0. The first kappa shape index (κ1) is 16.4. The van der Waals surface area contributed by atoms with Gasteiger partial charge in [0.25, 0.3) is 0 Å². The van der Waals surface area contributed by atoms with Gasteiger partial charge in [-0.15, -0.1) is 0 Å². The van der Waals surface area contributed by atoms with Gasteiger partial charge in [0.2, 0.25) is 0 Å². The van der Waals surface area contributed by atoms with Crippen LogP contribution >= 0.6 is 0 Å². The smallest absolute Gasteiger partial charge is 0.334 e. The van der Waals surface area contributed by atoms with Crippen molar-refractivity contribution in [2.45, 2.75) is 71.8 Å². The summed E-state index contributed by atoms with van der Waals surface area (Å²) in [5.74, 6) is -0.0359. The number of ether oxygens (including phenoxy) is 1. The molecule has 0 rings (SSSR count). The Balaban J connectivity index is 3.87. The summed E-state index contributed by atoms with van der Waals surface area (Å²) in [6.45, 7) is 6.27. The van der Waals surface area contributed by atoms with Crippen molar-refractivity contribution in [1.82, 2.24) is 0 Å². The second-order valence-corrected chi connectivity index (χ2v) is 4.81. The molecule has 2 unspecified atom stereocenters. The second kappa shape index (κ2) is 10.6. The monoisotopic (exact) mass is 244 g/mol. The Bertz CT molecular complexity index is 190. The van der Waals surface area contributed by atoms with Crippen LogP contribution in [0.25, 0.3) is 0 Å². The van der Waals surface area contributed by atoms with E-state index in [1.165, 1.54) is 39.0 Å². The molecule has 0 fully saturated rings. The van der Waals surface area contributed by atoms with Gasteiger partial charge < -0.3 is 9.84 Å². The van der Waals surface area contributed by atoms with Crippen LogP contribution in [0.2, 0.25) is 0 Å². The number of aliphatic hydroxyl groups is 1. The normalized spacial score (nSPS) is 14.4. The number of hydrogen-bond donors (Lipinski definition) is 1. The van der Waals surface area contributed by atoms with Gasteiger partial charge >= 0.3 is 5.97 Å². The summed E-state index contributed by atoms with van der Waals surface area (Å²) in [6, 6.07) is 0. The van der Waals surface area contributed by atoms with E-state index in [0.29, 0.717) is 12.5 Å². The molecule has 0 aliphatic heterocycles. The van der Waals surface area contributed by atoms with Gasteiger partial charge in [0.1, 0.15) is 6.10 Å². The SMILES string of the molecule is CCCCCC(CCCC)COC(=O)C(C)O. The summed E-state index contributed by atoms with van der Waals surface area (Å²) >= 11 is 0. The van der Waals surface area contributed by atoms with Crippen molar-refractivity contribution < 1.29 is 14.6 Å². The van der Waals surface area contributed by atoms with Crippen molar-refractivity contribution in [3.05, 3.63) is 0 Å². The third-order valence-electron chi connectivity index (χ3n) is 2.98. The Morgan fingerprint density at radius 3 is 2.24 bits per heavy atom. The lowest BCUT2D eigenvalue weighted by Crippen LogP contribution is -2.22. The molecular formula is C14H28O3. The number of esters is 1. The van der Waals surface area contributed by atoms with Gasteiger partial charge in [0.15, 0.2) is 0 Å². The molecule has 3 nitrogen and oxygen atoms in total. The first-order valence-corrected chi connectivity index (χ1v) is 6.96. The van der Waals surface area contributed by atoms with Gasteiger partial charge in [-0.1, -0.05) is 46.0 Å². The molecular weight excluding hydrogens is 216 g/mol. The molecule has 0 aromatic carbocycles. The molecule has 17 heavy (non-hydrogen) atoms. The van der Waals surface area contributed by atoms with E-state index in [1.807, 2.05) is 0 Å². The van der Waals surface area contributed by atoms with E-state index in [2.05, 4.69) is 13.8 Å². The van der Waals surface area contributed by atoms with Gasteiger partial charge in [-0.3, -0.25) is 0 Å². The molecule has 0 aromatic heterocycles. The first-order chi connectivity index (χ1) is 8.11. The van der Waals surface area contributed by atoms with Crippen molar-refractivity contribution in [1.29, 1.82) is 0 Å². The first-order valence-electron chi connectivity index (χ1n) is 6.96. The molecule has 0 heterocycles. The van der Waals surface area contributed by atoms with Gasteiger partial charge in [-0.05, 0) is 25.7 Å². The van der Waals surface area contributed by atoms with Gasteiger partial charge in [-0.25, -0.2) is 4.79 Å². The van der Waals surface area contributed by atoms with Crippen molar-refractivity contribution >= 4 is 5.97 Å². The molecule has 0 aromatic rings. The number of unbranched alkanes of at least 4 members (excludes halogenated alkanes) is 3. The lowest BCUT2D eigenvalue weighted by molar-refractivity contribution is -0.154. The topological polar surface area (TPSA) is 46.5 Å². The number of carbonyl (C=O) groups excluding carboxylic acids is 1. The molecule has 0 radical (unpaired) electrons. The van der Waals surface area contributed by atoms with Crippen LogP contribution in [0.1, 0.15) is 65.7 Å². The highest BCUT2D eigenvalue weighted by Gasteiger charge is 2.14. The standard InChI is InChI=1S/C14H28O3/c1-4-6-8-10-13(9-7-5-2)11-17-14(16)12(3)15/h12-13,15H,4-11H2,1-3H3. The van der Waals surface area contributed by atoms with Crippen LogP contribution in [-0.4, -0.2) is 23.8 Å². The molecule has 0 aliphatic rings. The van der Waals surface area contributed by atoms with Crippen LogP contribution in [0, 0.1) is 5.92 Å². The highest BCUT2D eigenvalue weighted by Crippen LogP contribution is 2.17. The summed E-state index contributed by atoms with van der Waals surface area (Å²) in [6.07, 6.45) is 7.27. The summed E-state index contributed by atoms with van der Waals surface area (Å²) in [4.78, 5) is 11.2. The number of hydrogen-bond acceptors (Lipinski definition) is 3. The third kappa shape index (κ3) is 9.16. The number of carbonyl (C=O) groups is 1. The maximum atomic E-state index is 11.2. The molecule has 0 saturated carbocycles. The average Bonchev–Trinajstić information content (AvgIpc) is 2.31. The van der Waals surface area contributed by atoms with E-state index in [-0.39, 0.29) is 0 Å². The Labute approximate surface area is 106 Å². The minimum absolute atomic E-state index is 0.462. The molecule has 1 N–H and O–H groups in total. The lowest BCUT2D eigenvalue weighted by Gasteiger charge is -2.17. The maximum Gasteiger partial charge on any atom is 0.334 e. The van der Waals surface area contributed by atoms with E-state index in [1.54, 1.807) is 0 Å². The summed E-state index contributed by atoms with van der Waals surface area (Å²) < 4.78 is 5.10. The van der Waals surface area contributed by atoms with Crippen LogP contribution in [0.15, 0.2) is 0 Å². The fourth-order valence-electron chi connectivity index (χ4n) is 1.81. The summed E-state index contributed by atoms with van der Waals surface area (Å²) in [7, 11) is 0. The highest BCUT2D eigenvalue weighted by molar-refractivity contribution is 5.73. The number of aliphatic hydroxyl groups excluding tert-OH is 1. The van der Waals surface area contributed by atoms with Crippen LogP contribution in [0.5, 0.6) is 0 Å². The van der Waals surface area contributed by atoms with E-state index < -0.39 is 12.1 Å². The molecule has 102 valence electrons. The van der Waals surface area contributed by atoms with Crippen LogP contribution < -0.4 is 0 Å². The van der Waals surface area contributed by atoms with Gasteiger partial charge in [0, 0.05) is 0 Å². The minimum Gasteiger partial charge on any atom is -0.463 e. The molecule has 3 heteroatoms. The van der Waals surface area contributed by atoms with Crippen LogP contribution in [0.3, 0.4) is 0 Å². The lowest BCUT2D eigenvalue weighted by atomic mass is 9.96. The van der Waals surface area contributed by atoms with Gasteiger partial charge in [-0.2, -0.15) is 0 Å². The predicted molar refractivity (Wildman–Crippen MR) is 69.8 cm³/mol. The zero-order valence-electron chi connectivity index (χ0n) is 11.6. The highest BCUT2D eigenvalue weighted by atomic mass is 16.5. The fourth-order valence-corrected chi connectivity index (χ4v) is 1.81. The van der Waals surface area contributed by atoms with E-state index >= 15 is 0 Å². The molecule has 0 spiro atoms. The zero-order valence-corrected chi connectivity index (χ0v) is 11.6. The minimum atomic E-state index is -1.00. The molecule has 0 saturated heterocycles.